The quantitative estimate of drug-likeness (QED) is 0.829. The van der Waals surface area contributed by atoms with Gasteiger partial charge in [0.25, 0.3) is 0 Å². The molecule has 2 heterocycles. The van der Waals surface area contributed by atoms with E-state index >= 15 is 0 Å². The second-order valence-corrected chi connectivity index (χ2v) is 8.02. The molecule has 0 spiro atoms. The van der Waals surface area contributed by atoms with Crippen LogP contribution in [0.4, 0.5) is 9.18 Å². The Morgan fingerprint density at radius 3 is 2.57 bits per heavy atom. The van der Waals surface area contributed by atoms with Gasteiger partial charge in [0.1, 0.15) is 25.1 Å². The highest BCUT2D eigenvalue weighted by molar-refractivity contribution is 5.75. The van der Waals surface area contributed by atoms with E-state index in [-0.39, 0.29) is 24.0 Å². The van der Waals surface area contributed by atoms with E-state index < -0.39 is 0 Å². The van der Waals surface area contributed by atoms with E-state index in [9.17, 15) is 9.18 Å². The molecule has 2 amide bonds. The number of amides is 2. The normalized spacial score (nSPS) is 21.8. The van der Waals surface area contributed by atoms with Crippen LogP contribution in [0.3, 0.4) is 0 Å². The van der Waals surface area contributed by atoms with Crippen LogP contribution in [-0.2, 0) is 4.74 Å². The van der Waals surface area contributed by atoms with Gasteiger partial charge in [-0.25, -0.2) is 9.18 Å². The van der Waals surface area contributed by atoms with Crippen molar-refractivity contribution >= 4 is 6.03 Å². The van der Waals surface area contributed by atoms with Gasteiger partial charge in [0.05, 0.1) is 19.2 Å². The van der Waals surface area contributed by atoms with Crippen LogP contribution < -0.4 is 14.8 Å². The van der Waals surface area contributed by atoms with E-state index in [4.69, 9.17) is 14.2 Å². The molecule has 0 bridgehead atoms. The highest BCUT2D eigenvalue weighted by atomic mass is 19.1. The summed E-state index contributed by atoms with van der Waals surface area (Å²) in [7, 11) is 0. The fourth-order valence-corrected chi connectivity index (χ4v) is 4.09. The first-order valence-electron chi connectivity index (χ1n) is 10.5. The third-order valence-corrected chi connectivity index (χ3v) is 5.89. The number of ether oxygens (including phenoxy) is 3. The fraction of sp³-hybridized carbons (Fsp3) is 0.435. The summed E-state index contributed by atoms with van der Waals surface area (Å²) in [5, 5.41) is 3.23. The number of fused-ring (bicyclic) bond motifs is 1. The Balaban J connectivity index is 1.28. The standard InChI is InChI=1S/C23H25FN2O4/c24-18-6-3-15(4-7-18)21-14-26(9-10-28-21)23(27)25-22(16-1-2-16)17-5-8-19-20(13-17)30-12-11-29-19/h3-8,13,16,21-22H,1-2,9-12,14H2,(H,25,27). The fourth-order valence-electron chi connectivity index (χ4n) is 4.09. The second kappa shape index (κ2) is 8.14. The number of morpholine rings is 1. The molecular weight excluding hydrogens is 387 g/mol. The van der Waals surface area contributed by atoms with Crippen LogP contribution in [0.2, 0.25) is 0 Å². The highest BCUT2D eigenvalue weighted by Crippen LogP contribution is 2.43. The lowest BCUT2D eigenvalue weighted by molar-refractivity contribution is -0.0159. The number of nitrogens with one attached hydrogen (secondary N) is 1. The van der Waals surface area contributed by atoms with Gasteiger partial charge in [-0.3, -0.25) is 0 Å². The molecule has 6 nitrogen and oxygen atoms in total. The smallest absolute Gasteiger partial charge is 0.318 e. The van der Waals surface area contributed by atoms with E-state index in [1.807, 2.05) is 18.2 Å². The first kappa shape index (κ1) is 19.2. The van der Waals surface area contributed by atoms with Gasteiger partial charge in [-0.05, 0) is 54.2 Å². The summed E-state index contributed by atoms with van der Waals surface area (Å²) in [6.45, 7) is 2.52. The molecule has 2 aromatic rings. The summed E-state index contributed by atoms with van der Waals surface area (Å²) in [5.74, 6) is 1.64. The molecule has 3 aliphatic rings. The van der Waals surface area contributed by atoms with Crippen molar-refractivity contribution in [3.63, 3.8) is 0 Å². The number of urea groups is 1. The Kier molecular flexibility index (Phi) is 5.21. The monoisotopic (exact) mass is 412 g/mol. The van der Waals surface area contributed by atoms with Crippen molar-refractivity contribution in [2.75, 3.05) is 32.9 Å². The van der Waals surface area contributed by atoms with Crippen molar-refractivity contribution in [2.24, 2.45) is 5.92 Å². The molecular formula is C23H25FN2O4. The predicted octanol–water partition coefficient (Wildman–Crippen LogP) is 3.83. The maximum atomic E-state index is 13.2. The van der Waals surface area contributed by atoms with Crippen molar-refractivity contribution in [1.82, 2.24) is 10.2 Å². The molecule has 1 aliphatic carbocycles. The Morgan fingerprint density at radius 2 is 1.80 bits per heavy atom. The summed E-state index contributed by atoms with van der Waals surface area (Å²) in [4.78, 5) is 14.9. The zero-order valence-corrected chi connectivity index (χ0v) is 16.7. The molecule has 158 valence electrons. The lowest BCUT2D eigenvalue weighted by atomic mass is 10.0. The minimum atomic E-state index is -0.282. The van der Waals surface area contributed by atoms with Gasteiger partial charge in [0.2, 0.25) is 0 Å². The first-order valence-corrected chi connectivity index (χ1v) is 10.5. The molecule has 7 heteroatoms. The molecule has 1 saturated carbocycles. The van der Waals surface area contributed by atoms with Gasteiger partial charge in [0.15, 0.2) is 11.5 Å². The van der Waals surface area contributed by atoms with Gasteiger partial charge in [-0.15, -0.1) is 0 Å². The predicted molar refractivity (Wildman–Crippen MR) is 108 cm³/mol. The van der Waals surface area contributed by atoms with Crippen LogP contribution >= 0.6 is 0 Å². The average molecular weight is 412 g/mol. The molecule has 0 radical (unpaired) electrons. The van der Waals surface area contributed by atoms with Crippen LogP contribution in [0.25, 0.3) is 0 Å². The van der Waals surface area contributed by atoms with Crippen LogP contribution in [0.15, 0.2) is 42.5 Å². The maximum Gasteiger partial charge on any atom is 0.318 e. The minimum Gasteiger partial charge on any atom is -0.486 e. The molecule has 1 saturated heterocycles. The largest absolute Gasteiger partial charge is 0.486 e. The molecule has 0 aromatic heterocycles. The topological polar surface area (TPSA) is 60.0 Å². The Labute approximate surface area is 174 Å². The average Bonchev–Trinajstić information content (AvgIpc) is 3.63. The Bertz CT molecular complexity index is 916. The van der Waals surface area contributed by atoms with Crippen LogP contribution in [0.1, 0.15) is 36.1 Å². The lowest BCUT2D eigenvalue weighted by Crippen LogP contribution is -2.48. The van der Waals surface area contributed by atoms with Crippen molar-refractivity contribution in [3.8, 4) is 11.5 Å². The summed E-state index contributed by atoms with van der Waals surface area (Å²) in [6, 6.07) is 12.0. The number of rotatable bonds is 4. The van der Waals surface area contributed by atoms with Crippen molar-refractivity contribution in [3.05, 3.63) is 59.4 Å². The molecule has 2 aliphatic heterocycles. The van der Waals surface area contributed by atoms with Crippen LogP contribution in [0, 0.1) is 11.7 Å². The molecule has 2 atom stereocenters. The Hall–Kier alpha value is -2.80. The Morgan fingerprint density at radius 1 is 1.03 bits per heavy atom. The lowest BCUT2D eigenvalue weighted by Gasteiger charge is -2.34. The van der Waals surface area contributed by atoms with Crippen LogP contribution in [-0.4, -0.2) is 43.8 Å². The number of carbonyl (C=O) groups is 1. The highest BCUT2D eigenvalue weighted by Gasteiger charge is 2.36. The van der Waals surface area contributed by atoms with E-state index in [1.165, 1.54) is 12.1 Å². The van der Waals surface area contributed by atoms with Gasteiger partial charge >= 0.3 is 6.03 Å². The van der Waals surface area contributed by atoms with Gasteiger partial charge < -0.3 is 24.4 Å². The van der Waals surface area contributed by atoms with E-state index in [0.717, 1.165) is 35.5 Å². The molecule has 30 heavy (non-hydrogen) atoms. The first-order chi connectivity index (χ1) is 14.7. The SMILES string of the molecule is O=C(NC(c1ccc2c(c1)OCCO2)C1CC1)N1CCOC(c2ccc(F)cc2)C1. The number of hydrogen-bond acceptors (Lipinski definition) is 4. The summed E-state index contributed by atoms with van der Waals surface area (Å²) in [5.41, 5.74) is 1.91. The van der Waals surface area contributed by atoms with Gasteiger partial charge in [-0.1, -0.05) is 18.2 Å². The van der Waals surface area contributed by atoms with E-state index in [0.29, 0.717) is 38.8 Å². The van der Waals surface area contributed by atoms with E-state index in [2.05, 4.69) is 5.32 Å². The maximum absolute atomic E-state index is 13.2. The van der Waals surface area contributed by atoms with Crippen molar-refractivity contribution in [2.45, 2.75) is 25.0 Å². The van der Waals surface area contributed by atoms with Gasteiger partial charge in [0, 0.05) is 6.54 Å². The second-order valence-electron chi connectivity index (χ2n) is 8.02. The van der Waals surface area contributed by atoms with Crippen molar-refractivity contribution < 1.29 is 23.4 Å². The summed E-state index contributed by atoms with van der Waals surface area (Å²) in [6.07, 6.45) is 1.94. The zero-order valence-electron chi connectivity index (χ0n) is 16.7. The third-order valence-electron chi connectivity index (χ3n) is 5.89. The molecule has 2 unspecified atom stereocenters. The number of benzene rings is 2. The molecule has 5 rings (SSSR count). The van der Waals surface area contributed by atoms with Crippen LogP contribution in [0.5, 0.6) is 11.5 Å². The number of halogens is 1. The summed E-state index contributed by atoms with van der Waals surface area (Å²) < 4.78 is 30.4. The van der Waals surface area contributed by atoms with E-state index in [1.54, 1.807) is 17.0 Å². The van der Waals surface area contributed by atoms with Gasteiger partial charge in [-0.2, -0.15) is 0 Å². The van der Waals surface area contributed by atoms with Crippen molar-refractivity contribution in [1.29, 1.82) is 0 Å². The number of hydrogen-bond donors (Lipinski definition) is 1. The molecule has 2 fully saturated rings. The molecule has 2 aromatic carbocycles. The summed E-state index contributed by atoms with van der Waals surface area (Å²) >= 11 is 0. The zero-order chi connectivity index (χ0) is 20.5. The number of nitrogens with zero attached hydrogens (tertiary/aromatic N) is 1. The molecule has 1 N–H and O–H groups in total. The number of carbonyl (C=O) groups excluding carboxylic acids is 1. The minimum absolute atomic E-state index is 0.0551. The third kappa shape index (κ3) is 4.07.